The van der Waals surface area contributed by atoms with Crippen molar-refractivity contribution in [2.24, 2.45) is 5.92 Å². The summed E-state index contributed by atoms with van der Waals surface area (Å²) in [6.45, 7) is 7.66. The predicted molar refractivity (Wildman–Crippen MR) is 74.4 cm³/mol. The maximum atomic E-state index is 5.65. The summed E-state index contributed by atoms with van der Waals surface area (Å²) < 4.78 is 5.65. The molecule has 1 heterocycles. The van der Waals surface area contributed by atoms with E-state index < -0.39 is 0 Å². The summed E-state index contributed by atoms with van der Waals surface area (Å²) in [7, 11) is 1.98. The summed E-state index contributed by atoms with van der Waals surface area (Å²) in [6, 6.07) is 2.88. The normalized spacial score (nSPS) is 15.8. The van der Waals surface area contributed by atoms with Gasteiger partial charge in [0.25, 0.3) is 0 Å². The first-order valence-corrected chi connectivity index (χ1v) is 7.14. The van der Waals surface area contributed by atoms with Gasteiger partial charge in [-0.3, -0.25) is 4.90 Å². The zero-order valence-electron chi connectivity index (χ0n) is 11.9. The highest BCUT2D eigenvalue weighted by Crippen LogP contribution is 2.29. The van der Waals surface area contributed by atoms with Crippen LogP contribution in [0.4, 0.5) is 0 Å². The van der Waals surface area contributed by atoms with Gasteiger partial charge in [0, 0.05) is 18.2 Å². The van der Waals surface area contributed by atoms with E-state index in [1.54, 1.807) is 0 Å². The zero-order valence-corrected chi connectivity index (χ0v) is 11.9. The van der Waals surface area contributed by atoms with E-state index in [2.05, 4.69) is 30.1 Å². The van der Waals surface area contributed by atoms with Gasteiger partial charge in [-0.1, -0.05) is 13.8 Å². The molecule has 1 fully saturated rings. The minimum Gasteiger partial charge on any atom is -0.468 e. The van der Waals surface area contributed by atoms with Gasteiger partial charge in [0.15, 0.2) is 0 Å². The van der Waals surface area contributed by atoms with Crippen LogP contribution in [0.15, 0.2) is 16.7 Å². The summed E-state index contributed by atoms with van der Waals surface area (Å²) in [5, 5.41) is 3.20. The molecule has 102 valence electrons. The van der Waals surface area contributed by atoms with Gasteiger partial charge in [-0.15, -0.1) is 0 Å². The van der Waals surface area contributed by atoms with Gasteiger partial charge in [-0.05, 0) is 44.8 Å². The largest absolute Gasteiger partial charge is 0.468 e. The molecule has 3 nitrogen and oxygen atoms in total. The maximum Gasteiger partial charge on any atom is 0.122 e. The molecule has 1 aromatic rings. The average molecular weight is 250 g/mol. The molecule has 0 atom stereocenters. The Bertz CT molecular complexity index is 355. The molecule has 0 bridgehead atoms. The molecule has 1 saturated carbocycles. The zero-order chi connectivity index (χ0) is 13.0. The van der Waals surface area contributed by atoms with Crippen molar-refractivity contribution in [3.8, 4) is 0 Å². The molecule has 1 aliphatic carbocycles. The molecular weight excluding hydrogens is 224 g/mol. The van der Waals surface area contributed by atoms with Crippen molar-refractivity contribution in [2.75, 3.05) is 13.6 Å². The van der Waals surface area contributed by atoms with Gasteiger partial charge in [-0.25, -0.2) is 0 Å². The SMILES string of the molecule is CNCc1ccoc1CN(CCC(C)C)C1CC1. The topological polar surface area (TPSA) is 28.4 Å². The second-order valence-electron chi connectivity index (χ2n) is 5.78. The van der Waals surface area contributed by atoms with E-state index in [1.807, 2.05) is 13.3 Å². The summed E-state index contributed by atoms with van der Waals surface area (Å²) >= 11 is 0. The lowest BCUT2D eigenvalue weighted by Gasteiger charge is -2.22. The lowest BCUT2D eigenvalue weighted by atomic mass is 10.1. The molecule has 0 aliphatic heterocycles. The quantitative estimate of drug-likeness (QED) is 0.769. The Labute approximate surface area is 111 Å². The first kappa shape index (κ1) is 13.6. The van der Waals surface area contributed by atoms with Crippen molar-refractivity contribution in [1.29, 1.82) is 0 Å². The first-order valence-electron chi connectivity index (χ1n) is 7.14. The lowest BCUT2D eigenvalue weighted by molar-refractivity contribution is 0.220. The van der Waals surface area contributed by atoms with Crippen LogP contribution in [-0.2, 0) is 13.1 Å². The molecule has 18 heavy (non-hydrogen) atoms. The van der Waals surface area contributed by atoms with Gasteiger partial charge in [-0.2, -0.15) is 0 Å². The van der Waals surface area contributed by atoms with Crippen LogP contribution in [0, 0.1) is 5.92 Å². The lowest BCUT2D eigenvalue weighted by Crippen LogP contribution is -2.28. The minimum absolute atomic E-state index is 0.777. The van der Waals surface area contributed by atoms with E-state index in [4.69, 9.17) is 4.42 Å². The van der Waals surface area contributed by atoms with Crippen LogP contribution in [0.5, 0.6) is 0 Å². The number of furan rings is 1. The molecule has 0 spiro atoms. The minimum atomic E-state index is 0.777. The van der Waals surface area contributed by atoms with E-state index in [9.17, 15) is 0 Å². The Kier molecular flexibility index (Phi) is 4.84. The van der Waals surface area contributed by atoms with Gasteiger partial charge < -0.3 is 9.73 Å². The average Bonchev–Trinajstić information content (AvgIpc) is 3.08. The van der Waals surface area contributed by atoms with Crippen molar-refractivity contribution < 1.29 is 4.42 Å². The van der Waals surface area contributed by atoms with Crippen LogP contribution < -0.4 is 5.32 Å². The number of hydrogen-bond acceptors (Lipinski definition) is 3. The number of rotatable bonds is 8. The van der Waals surface area contributed by atoms with E-state index in [1.165, 1.54) is 31.4 Å². The monoisotopic (exact) mass is 250 g/mol. The molecular formula is C15H26N2O. The fraction of sp³-hybridized carbons (Fsp3) is 0.733. The molecule has 3 heteroatoms. The highest BCUT2D eigenvalue weighted by molar-refractivity contribution is 5.17. The fourth-order valence-electron chi connectivity index (χ4n) is 2.29. The van der Waals surface area contributed by atoms with Crippen LogP contribution in [-0.4, -0.2) is 24.5 Å². The predicted octanol–water partition coefficient (Wildman–Crippen LogP) is 3.01. The second-order valence-corrected chi connectivity index (χ2v) is 5.78. The Morgan fingerprint density at radius 1 is 1.44 bits per heavy atom. The van der Waals surface area contributed by atoms with Crippen molar-refractivity contribution in [2.45, 2.75) is 52.2 Å². The van der Waals surface area contributed by atoms with Gasteiger partial charge in [0.1, 0.15) is 5.76 Å². The van der Waals surface area contributed by atoms with Gasteiger partial charge in [0.05, 0.1) is 12.8 Å². The van der Waals surface area contributed by atoms with E-state index in [-0.39, 0.29) is 0 Å². The molecule has 0 radical (unpaired) electrons. The van der Waals surface area contributed by atoms with Crippen LogP contribution in [0.2, 0.25) is 0 Å². The molecule has 0 amide bonds. The number of nitrogens with one attached hydrogen (secondary N) is 1. The Hall–Kier alpha value is -0.800. The van der Waals surface area contributed by atoms with Crippen LogP contribution in [0.1, 0.15) is 44.4 Å². The van der Waals surface area contributed by atoms with Crippen molar-refractivity contribution >= 4 is 0 Å². The Balaban J connectivity index is 1.92. The van der Waals surface area contributed by atoms with Crippen LogP contribution in [0.3, 0.4) is 0 Å². The Morgan fingerprint density at radius 3 is 2.83 bits per heavy atom. The maximum absolute atomic E-state index is 5.65. The molecule has 0 saturated heterocycles. The van der Waals surface area contributed by atoms with Crippen molar-refractivity contribution in [1.82, 2.24) is 10.2 Å². The number of hydrogen-bond donors (Lipinski definition) is 1. The van der Waals surface area contributed by atoms with Crippen LogP contribution in [0.25, 0.3) is 0 Å². The van der Waals surface area contributed by atoms with Gasteiger partial charge in [0.2, 0.25) is 0 Å². The van der Waals surface area contributed by atoms with Crippen LogP contribution >= 0.6 is 0 Å². The third-order valence-corrected chi connectivity index (χ3v) is 3.61. The third kappa shape index (κ3) is 3.85. The fourth-order valence-corrected chi connectivity index (χ4v) is 2.29. The standard InChI is InChI=1S/C15H26N2O/c1-12(2)6-8-17(14-4-5-14)11-15-13(10-16-3)7-9-18-15/h7,9,12,14,16H,4-6,8,10-11H2,1-3H3. The molecule has 1 aromatic heterocycles. The summed E-state index contributed by atoms with van der Waals surface area (Å²) in [6.07, 6.45) is 5.81. The number of nitrogens with zero attached hydrogens (tertiary/aromatic N) is 1. The highest BCUT2D eigenvalue weighted by atomic mass is 16.3. The molecule has 2 rings (SSSR count). The molecule has 1 aliphatic rings. The van der Waals surface area contributed by atoms with Crippen molar-refractivity contribution in [3.05, 3.63) is 23.7 Å². The Morgan fingerprint density at radius 2 is 2.22 bits per heavy atom. The smallest absolute Gasteiger partial charge is 0.122 e. The van der Waals surface area contributed by atoms with E-state index >= 15 is 0 Å². The summed E-state index contributed by atoms with van der Waals surface area (Å²) in [5.41, 5.74) is 1.30. The van der Waals surface area contributed by atoms with E-state index in [0.29, 0.717) is 0 Å². The molecule has 0 aromatic carbocycles. The van der Waals surface area contributed by atoms with Crippen molar-refractivity contribution in [3.63, 3.8) is 0 Å². The second kappa shape index (κ2) is 6.39. The first-order chi connectivity index (χ1) is 8.70. The highest BCUT2D eigenvalue weighted by Gasteiger charge is 2.29. The summed E-state index contributed by atoms with van der Waals surface area (Å²) in [4.78, 5) is 2.60. The molecule has 1 N–H and O–H groups in total. The molecule has 0 unspecified atom stereocenters. The van der Waals surface area contributed by atoms with E-state index in [0.717, 1.165) is 30.8 Å². The third-order valence-electron chi connectivity index (χ3n) is 3.61. The summed E-state index contributed by atoms with van der Waals surface area (Å²) in [5.74, 6) is 1.92. The van der Waals surface area contributed by atoms with Gasteiger partial charge >= 0.3 is 0 Å².